The third kappa shape index (κ3) is 3.69. The first-order chi connectivity index (χ1) is 11.1. The Morgan fingerprint density at radius 3 is 2.70 bits per heavy atom. The van der Waals surface area contributed by atoms with Gasteiger partial charge in [0.1, 0.15) is 28.9 Å². The van der Waals surface area contributed by atoms with Crippen LogP contribution in [0.4, 0.5) is 0 Å². The quantitative estimate of drug-likeness (QED) is 0.781. The normalized spacial score (nSPS) is 27.4. The molecule has 6 nitrogen and oxygen atoms in total. The van der Waals surface area contributed by atoms with Crippen LogP contribution in [0.3, 0.4) is 0 Å². The number of rotatable bonds is 4. The molecule has 3 rings (SSSR count). The minimum absolute atomic E-state index is 0.286. The molecule has 0 aliphatic heterocycles. The summed E-state index contributed by atoms with van der Waals surface area (Å²) in [6.45, 7) is 0. The molecule has 1 fully saturated rings. The maximum Gasteiger partial charge on any atom is 0.263 e. The second-order valence-electron chi connectivity index (χ2n) is 5.47. The van der Waals surface area contributed by atoms with Crippen molar-refractivity contribution in [3.63, 3.8) is 0 Å². The molecule has 0 spiro atoms. The molecule has 1 saturated carbocycles. The summed E-state index contributed by atoms with van der Waals surface area (Å²) in [5.41, 5.74) is 1.57. The summed E-state index contributed by atoms with van der Waals surface area (Å²) in [6, 6.07) is 8.67. The smallest absolute Gasteiger partial charge is 0.263 e. The third-order valence-electron chi connectivity index (χ3n) is 3.91. The van der Waals surface area contributed by atoms with Crippen LogP contribution in [0.2, 0.25) is 0 Å². The number of carbonyl (C=O) groups is 1. The number of aliphatic hydroxyl groups is 2. The summed E-state index contributed by atoms with van der Waals surface area (Å²) < 4.78 is 5.73. The molecule has 4 atom stereocenters. The van der Waals surface area contributed by atoms with E-state index in [4.69, 9.17) is 4.74 Å². The van der Waals surface area contributed by atoms with Gasteiger partial charge in [-0.15, -0.1) is 11.3 Å². The second kappa shape index (κ2) is 7.08. The first-order valence-electron chi connectivity index (χ1n) is 7.42. The predicted molar refractivity (Wildman–Crippen MR) is 85.5 cm³/mol. The van der Waals surface area contributed by atoms with Crippen molar-refractivity contribution < 1.29 is 19.7 Å². The van der Waals surface area contributed by atoms with Gasteiger partial charge in [-0.1, -0.05) is 18.2 Å². The summed E-state index contributed by atoms with van der Waals surface area (Å²) in [7, 11) is 0. The van der Waals surface area contributed by atoms with Crippen LogP contribution in [0.15, 0.2) is 42.0 Å². The minimum Gasteiger partial charge on any atom is -0.488 e. The zero-order valence-electron chi connectivity index (χ0n) is 12.3. The lowest BCUT2D eigenvalue weighted by molar-refractivity contribution is -0.0874. The molecular weight excluding hydrogens is 316 g/mol. The molecule has 1 aliphatic carbocycles. The van der Waals surface area contributed by atoms with E-state index < -0.39 is 24.4 Å². The topological polar surface area (TPSA) is 91.7 Å². The molecule has 7 heteroatoms. The Labute approximate surface area is 137 Å². The predicted octanol–water partition coefficient (Wildman–Crippen LogP) is 1.20. The molecule has 1 heterocycles. The Bertz CT molecular complexity index is 635. The number of nitrogens with one attached hydrogen (secondary N) is 1. The number of aromatic nitrogens is 1. The molecule has 1 aromatic carbocycles. The van der Waals surface area contributed by atoms with E-state index in [9.17, 15) is 15.0 Å². The highest BCUT2D eigenvalue weighted by Crippen LogP contribution is 2.25. The van der Waals surface area contributed by atoms with Crippen LogP contribution in [-0.2, 0) is 0 Å². The first-order valence-corrected chi connectivity index (χ1v) is 8.30. The Morgan fingerprint density at radius 2 is 2.00 bits per heavy atom. The number of aliphatic hydroxyl groups excluding tert-OH is 2. The summed E-state index contributed by atoms with van der Waals surface area (Å²) in [6.07, 6.45) is -0.0810. The van der Waals surface area contributed by atoms with Crippen molar-refractivity contribution in [2.75, 3.05) is 0 Å². The Hall–Kier alpha value is -1.96. The second-order valence-corrected chi connectivity index (χ2v) is 6.36. The van der Waals surface area contributed by atoms with Gasteiger partial charge in [-0.25, -0.2) is 0 Å². The maximum absolute atomic E-state index is 12.0. The average molecular weight is 334 g/mol. The van der Waals surface area contributed by atoms with Gasteiger partial charge >= 0.3 is 0 Å². The lowest BCUT2D eigenvalue weighted by Gasteiger charge is -2.37. The van der Waals surface area contributed by atoms with Gasteiger partial charge in [0.15, 0.2) is 0 Å². The lowest BCUT2D eigenvalue weighted by Crippen LogP contribution is -2.57. The molecule has 0 bridgehead atoms. The molecule has 1 aliphatic rings. The molecule has 0 unspecified atom stereocenters. The van der Waals surface area contributed by atoms with Crippen molar-refractivity contribution in [3.05, 3.63) is 46.9 Å². The summed E-state index contributed by atoms with van der Waals surface area (Å²) in [4.78, 5) is 16.4. The summed E-state index contributed by atoms with van der Waals surface area (Å²) in [5, 5.41) is 23.3. The molecule has 0 saturated heterocycles. The minimum atomic E-state index is -1.07. The van der Waals surface area contributed by atoms with Crippen LogP contribution in [0, 0.1) is 0 Å². The summed E-state index contributed by atoms with van der Waals surface area (Å²) in [5.74, 6) is 0.363. The molecular formula is C16H18N2O4S. The van der Waals surface area contributed by atoms with E-state index in [1.165, 1.54) is 17.5 Å². The van der Waals surface area contributed by atoms with Crippen molar-refractivity contribution >= 4 is 17.2 Å². The van der Waals surface area contributed by atoms with Crippen molar-refractivity contribution in [2.24, 2.45) is 0 Å². The summed E-state index contributed by atoms with van der Waals surface area (Å²) >= 11 is 1.23. The standard InChI is InChI=1S/C16H18N2O4S/c19-14-11(18-16(21)13-8-17-9-23-13)6-7-12(15(14)20)22-10-4-2-1-3-5-10/h1-5,8-9,11-12,14-15,19-20H,6-7H2,(H,18,21)/t11-,12-,14-,15-/m1/s1. The number of thiazole rings is 1. The fourth-order valence-corrected chi connectivity index (χ4v) is 3.19. The molecule has 1 aromatic heterocycles. The van der Waals surface area contributed by atoms with E-state index in [1.807, 2.05) is 18.2 Å². The highest BCUT2D eigenvalue weighted by atomic mass is 32.1. The van der Waals surface area contributed by atoms with E-state index in [0.717, 1.165) is 0 Å². The van der Waals surface area contributed by atoms with E-state index in [2.05, 4.69) is 10.3 Å². The first kappa shape index (κ1) is 15.9. The zero-order valence-corrected chi connectivity index (χ0v) is 13.1. The van der Waals surface area contributed by atoms with Crippen molar-refractivity contribution in [1.29, 1.82) is 0 Å². The fraction of sp³-hybridized carbons (Fsp3) is 0.375. The SMILES string of the molecule is O=C(N[C@@H]1CC[C@@H](Oc2ccccc2)[C@@H](O)[C@@H]1O)c1cncs1. The van der Waals surface area contributed by atoms with Gasteiger partial charge in [-0.2, -0.15) is 0 Å². The van der Waals surface area contributed by atoms with E-state index >= 15 is 0 Å². The Balaban J connectivity index is 1.60. The van der Waals surface area contributed by atoms with Crippen molar-refractivity contribution in [1.82, 2.24) is 10.3 Å². The van der Waals surface area contributed by atoms with E-state index in [1.54, 1.807) is 17.6 Å². The number of carbonyl (C=O) groups excluding carboxylic acids is 1. The van der Waals surface area contributed by atoms with Crippen molar-refractivity contribution in [3.8, 4) is 5.75 Å². The van der Waals surface area contributed by atoms with E-state index in [-0.39, 0.29) is 5.91 Å². The van der Waals surface area contributed by atoms with Crippen molar-refractivity contribution in [2.45, 2.75) is 37.2 Å². The number of ether oxygens (including phenoxy) is 1. The van der Waals surface area contributed by atoms with Gasteiger partial charge in [0, 0.05) is 0 Å². The zero-order chi connectivity index (χ0) is 16.2. The maximum atomic E-state index is 12.0. The molecule has 2 aromatic rings. The van der Waals surface area contributed by atoms with Gasteiger partial charge in [-0.3, -0.25) is 9.78 Å². The number of hydrogen-bond donors (Lipinski definition) is 3. The number of hydrogen-bond acceptors (Lipinski definition) is 6. The molecule has 122 valence electrons. The van der Waals surface area contributed by atoms with Gasteiger partial charge in [0.25, 0.3) is 5.91 Å². The Morgan fingerprint density at radius 1 is 1.22 bits per heavy atom. The van der Waals surface area contributed by atoms with Gasteiger partial charge in [0.2, 0.25) is 0 Å². The van der Waals surface area contributed by atoms with E-state index in [0.29, 0.717) is 23.5 Å². The number of benzene rings is 1. The number of para-hydroxylation sites is 1. The highest BCUT2D eigenvalue weighted by molar-refractivity contribution is 7.11. The fourth-order valence-electron chi connectivity index (χ4n) is 2.67. The number of amides is 1. The highest BCUT2D eigenvalue weighted by Gasteiger charge is 2.39. The molecule has 23 heavy (non-hydrogen) atoms. The van der Waals surface area contributed by atoms with Gasteiger partial charge < -0.3 is 20.3 Å². The van der Waals surface area contributed by atoms with Crippen LogP contribution >= 0.6 is 11.3 Å². The van der Waals surface area contributed by atoms with Crippen LogP contribution < -0.4 is 10.1 Å². The molecule has 1 amide bonds. The molecule has 0 radical (unpaired) electrons. The van der Waals surface area contributed by atoms with Crippen LogP contribution in [-0.4, -0.2) is 45.5 Å². The Kier molecular flexibility index (Phi) is 4.90. The largest absolute Gasteiger partial charge is 0.488 e. The third-order valence-corrected chi connectivity index (χ3v) is 4.68. The molecule has 3 N–H and O–H groups in total. The van der Waals surface area contributed by atoms with Gasteiger partial charge in [-0.05, 0) is 25.0 Å². The van der Waals surface area contributed by atoms with Crippen LogP contribution in [0.1, 0.15) is 22.5 Å². The number of nitrogens with zero attached hydrogens (tertiary/aromatic N) is 1. The van der Waals surface area contributed by atoms with Crippen LogP contribution in [0.5, 0.6) is 5.75 Å². The monoisotopic (exact) mass is 334 g/mol. The average Bonchev–Trinajstić information content (AvgIpc) is 3.10. The van der Waals surface area contributed by atoms with Gasteiger partial charge in [0.05, 0.1) is 17.7 Å². The lowest BCUT2D eigenvalue weighted by atomic mass is 9.87. The van der Waals surface area contributed by atoms with Crippen LogP contribution in [0.25, 0.3) is 0 Å².